The molecule has 29 heavy (non-hydrogen) atoms. The Labute approximate surface area is 172 Å². The summed E-state index contributed by atoms with van der Waals surface area (Å²) >= 11 is 0. The van der Waals surface area contributed by atoms with E-state index in [1.807, 2.05) is 26.8 Å². The molecule has 1 aliphatic rings. The number of rotatable bonds is 4. The van der Waals surface area contributed by atoms with Gasteiger partial charge in [0, 0.05) is 24.6 Å². The number of imidazole rings is 1. The van der Waals surface area contributed by atoms with Gasteiger partial charge in [-0.25, -0.2) is 14.8 Å². The SMILES string of the molecule is CC(C)Cc1nc2cnc(C#N)cc2n1[C@@H]1CCC[C@H](NC(=O)OC(C)(C)C)C1. The van der Waals surface area contributed by atoms with Crippen LogP contribution in [0, 0.1) is 17.2 Å². The van der Waals surface area contributed by atoms with Crippen LogP contribution in [-0.4, -0.2) is 32.3 Å². The molecule has 0 unspecified atom stereocenters. The molecule has 0 aliphatic heterocycles. The van der Waals surface area contributed by atoms with E-state index in [0.717, 1.165) is 49.0 Å². The van der Waals surface area contributed by atoms with Crippen LogP contribution in [0.1, 0.15) is 77.9 Å². The van der Waals surface area contributed by atoms with Crippen molar-refractivity contribution in [3.63, 3.8) is 0 Å². The third-order valence-corrected chi connectivity index (χ3v) is 5.09. The van der Waals surface area contributed by atoms with Crippen molar-refractivity contribution < 1.29 is 9.53 Å². The number of nitrogens with zero attached hydrogens (tertiary/aromatic N) is 4. The molecular weight excluding hydrogens is 366 g/mol. The smallest absolute Gasteiger partial charge is 0.407 e. The number of carbonyl (C=O) groups excluding carboxylic acids is 1. The topological polar surface area (TPSA) is 92.8 Å². The number of nitriles is 1. The van der Waals surface area contributed by atoms with Gasteiger partial charge in [-0.3, -0.25) is 0 Å². The predicted molar refractivity (Wildman–Crippen MR) is 111 cm³/mol. The minimum Gasteiger partial charge on any atom is -0.444 e. The van der Waals surface area contributed by atoms with Crippen molar-refractivity contribution in [2.45, 2.75) is 84.4 Å². The second kappa shape index (κ2) is 8.40. The summed E-state index contributed by atoms with van der Waals surface area (Å²) in [6, 6.07) is 4.24. The van der Waals surface area contributed by atoms with Crippen LogP contribution in [0.2, 0.25) is 0 Å². The first-order chi connectivity index (χ1) is 13.7. The van der Waals surface area contributed by atoms with Gasteiger partial charge in [0.25, 0.3) is 0 Å². The summed E-state index contributed by atoms with van der Waals surface area (Å²) in [5, 5.41) is 12.3. The number of alkyl carbamates (subject to hydrolysis) is 1. The van der Waals surface area contributed by atoms with Gasteiger partial charge in [0.05, 0.1) is 11.7 Å². The fraction of sp³-hybridized carbons (Fsp3) is 0.636. The van der Waals surface area contributed by atoms with Crippen LogP contribution in [0.4, 0.5) is 4.79 Å². The maximum atomic E-state index is 12.2. The summed E-state index contributed by atoms with van der Waals surface area (Å²) in [5.41, 5.74) is 1.66. The zero-order chi connectivity index (χ0) is 21.2. The van der Waals surface area contributed by atoms with E-state index >= 15 is 0 Å². The van der Waals surface area contributed by atoms with Gasteiger partial charge in [-0.05, 0) is 52.4 Å². The molecule has 7 nitrogen and oxygen atoms in total. The summed E-state index contributed by atoms with van der Waals surface area (Å²) in [6.45, 7) is 9.96. The van der Waals surface area contributed by atoms with Crippen LogP contribution >= 0.6 is 0 Å². The molecule has 1 fully saturated rings. The molecule has 1 saturated carbocycles. The summed E-state index contributed by atoms with van der Waals surface area (Å²) in [7, 11) is 0. The van der Waals surface area contributed by atoms with Gasteiger partial charge in [0.1, 0.15) is 28.7 Å². The quantitative estimate of drug-likeness (QED) is 0.819. The van der Waals surface area contributed by atoms with Gasteiger partial charge in [-0.1, -0.05) is 13.8 Å². The van der Waals surface area contributed by atoms with Crippen molar-refractivity contribution in [3.8, 4) is 6.07 Å². The Balaban J connectivity index is 1.88. The Kier molecular flexibility index (Phi) is 6.11. The molecule has 2 aromatic rings. The minimum atomic E-state index is -0.510. The fourth-order valence-electron chi connectivity index (χ4n) is 4.03. The normalized spacial score (nSPS) is 19.9. The predicted octanol–water partition coefficient (Wildman–Crippen LogP) is 4.51. The largest absolute Gasteiger partial charge is 0.444 e. The number of pyridine rings is 1. The number of carbonyl (C=O) groups is 1. The highest BCUT2D eigenvalue weighted by Gasteiger charge is 2.29. The third kappa shape index (κ3) is 5.26. The summed E-state index contributed by atoms with van der Waals surface area (Å²) in [4.78, 5) is 21.2. The van der Waals surface area contributed by atoms with Gasteiger partial charge >= 0.3 is 6.09 Å². The molecule has 0 saturated heterocycles. The lowest BCUT2D eigenvalue weighted by Gasteiger charge is -2.32. The van der Waals surface area contributed by atoms with Crippen molar-refractivity contribution in [2.24, 2.45) is 5.92 Å². The van der Waals surface area contributed by atoms with Crippen LogP contribution < -0.4 is 5.32 Å². The van der Waals surface area contributed by atoms with Crippen LogP contribution in [0.15, 0.2) is 12.3 Å². The molecule has 0 spiro atoms. The van der Waals surface area contributed by atoms with Crippen molar-refractivity contribution in [1.29, 1.82) is 5.26 Å². The maximum Gasteiger partial charge on any atom is 0.407 e. The number of ether oxygens (including phenoxy) is 1. The highest BCUT2D eigenvalue weighted by Crippen LogP contribution is 2.33. The Morgan fingerprint density at radius 2 is 2.17 bits per heavy atom. The Bertz CT molecular complexity index is 920. The number of fused-ring (bicyclic) bond motifs is 1. The zero-order valence-corrected chi connectivity index (χ0v) is 18.0. The van der Waals surface area contributed by atoms with E-state index in [2.05, 4.69) is 34.8 Å². The van der Waals surface area contributed by atoms with E-state index < -0.39 is 5.60 Å². The van der Waals surface area contributed by atoms with Crippen molar-refractivity contribution >= 4 is 17.1 Å². The highest BCUT2D eigenvalue weighted by atomic mass is 16.6. The molecule has 2 aromatic heterocycles. The molecule has 2 heterocycles. The highest BCUT2D eigenvalue weighted by molar-refractivity contribution is 5.76. The number of hydrogen-bond donors (Lipinski definition) is 1. The molecular formula is C22H31N5O2. The first-order valence-corrected chi connectivity index (χ1v) is 10.4. The number of nitrogens with one attached hydrogen (secondary N) is 1. The fourth-order valence-corrected chi connectivity index (χ4v) is 4.03. The molecule has 2 atom stereocenters. The standard InChI is InChI=1S/C22H31N5O2/c1-14(2)9-20-26-18-13-24-16(12-23)11-19(18)27(20)17-8-6-7-15(10-17)25-21(28)29-22(3,4)5/h11,13-15,17H,6-10H2,1-5H3,(H,25,28)/t15-,17+/m0/s1. The average molecular weight is 398 g/mol. The lowest BCUT2D eigenvalue weighted by atomic mass is 9.90. The van der Waals surface area contributed by atoms with E-state index in [0.29, 0.717) is 11.6 Å². The van der Waals surface area contributed by atoms with Gasteiger partial charge < -0.3 is 14.6 Å². The molecule has 0 bridgehead atoms. The van der Waals surface area contributed by atoms with Crippen LogP contribution in [0.5, 0.6) is 0 Å². The number of hydrogen-bond acceptors (Lipinski definition) is 5. The maximum absolute atomic E-state index is 12.2. The van der Waals surface area contributed by atoms with Crippen molar-refractivity contribution in [2.75, 3.05) is 0 Å². The summed E-state index contributed by atoms with van der Waals surface area (Å²) < 4.78 is 7.71. The third-order valence-electron chi connectivity index (χ3n) is 5.09. The first kappa shape index (κ1) is 21.1. The monoisotopic (exact) mass is 397 g/mol. The molecule has 3 rings (SSSR count). The van der Waals surface area contributed by atoms with E-state index in [1.54, 1.807) is 6.20 Å². The number of aromatic nitrogens is 3. The van der Waals surface area contributed by atoms with Crippen molar-refractivity contribution in [1.82, 2.24) is 19.9 Å². The Morgan fingerprint density at radius 1 is 1.41 bits per heavy atom. The molecule has 0 aromatic carbocycles. The molecule has 1 amide bonds. The second-order valence-corrected chi connectivity index (χ2v) is 9.33. The molecule has 156 valence electrons. The summed E-state index contributed by atoms with van der Waals surface area (Å²) in [5.74, 6) is 1.49. The lowest BCUT2D eigenvalue weighted by molar-refractivity contribution is 0.0486. The molecule has 7 heteroatoms. The first-order valence-electron chi connectivity index (χ1n) is 10.4. The van der Waals surface area contributed by atoms with E-state index in [-0.39, 0.29) is 18.2 Å². The summed E-state index contributed by atoms with van der Waals surface area (Å²) in [6.07, 6.45) is 5.98. The molecule has 1 aliphatic carbocycles. The second-order valence-electron chi connectivity index (χ2n) is 9.33. The van der Waals surface area contributed by atoms with Crippen LogP contribution in [-0.2, 0) is 11.2 Å². The van der Waals surface area contributed by atoms with Crippen molar-refractivity contribution in [3.05, 3.63) is 23.8 Å². The van der Waals surface area contributed by atoms with Gasteiger partial charge in [-0.15, -0.1) is 0 Å². The average Bonchev–Trinajstić information content (AvgIpc) is 2.96. The Morgan fingerprint density at radius 3 is 2.83 bits per heavy atom. The van der Waals surface area contributed by atoms with E-state index in [1.165, 1.54) is 0 Å². The molecule has 1 N–H and O–H groups in total. The van der Waals surface area contributed by atoms with Crippen LogP contribution in [0.25, 0.3) is 11.0 Å². The zero-order valence-electron chi connectivity index (χ0n) is 18.0. The van der Waals surface area contributed by atoms with E-state index in [9.17, 15) is 10.1 Å². The van der Waals surface area contributed by atoms with Gasteiger partial charge in [-0.2, -0.15) is 5.26 Å². The minimum absolute atomic E-state index is 0.0604. The van der Waals surface area contributed by atoms with Crippen LogP contribution in [0.3, 0.4) is 0 Å². The molecule has 0 radical (unpaired) electrons. The van der Waals surface area contributed by atoms with E-state index in [4.69, 9.17) is 9.72 Å². The lowest BCUT2D eigenvalue weighted by Crippen LogP contribution is -2.41. The van der Waals surface area contributed by atoms with Gasteiger partial charge in [0.2, 0.25) is 0 Å². The van der Waals surface area contributed by atoms with Gasteiger partial charge in [0.15, 0.2) is 0 Å². The Hall–Kier alpha value is -2.62. The number of amides is 1.